The minimum Gasteiger partial charge on any atom is -0.550 e. The van der Waals surface area contributed by atoms with Gasteiger partial charge in [-0.05, 0) is 62.5 Å². The second-order valence-electron chi connectivity index (χ2n) is 10.4. The Morgan fingerprint density at radius 1 is 0.585 bits per heavy atom. The van der Waals surface area contributed by atoms with Crippen LogP contribution in [0.5, 0.6) is 0 Å². The third-order valence-corrected chi connectivity index (χ3v) is 9.66. The van der Waals surface area contributed by atoms with Crippen LogP contribution in [0, 0.1) is 11.8 Å². The molecule has 41 heavy (non-hydrogen) atoms. The maximum atomic E-state index is 10.9. The zero-order chi connectivity index (χ0) is 31.2. The summed E-state index contributed by atoms with van der Waals surface area (Å²) in [7, 11) is 0. The van der Waals surface area contributed by atoms with E-state index in [1.807, 2.05) is 60.7 Å². The second-order valence-corrected chi connectivity index (χ2v) is 18.0. The van der Waals surface area contributed by atoms with Gasteiger partial charge in [0.25, 0.3) is 0 Å². The van der Waals surface area contributed by atoms with E-state index in [1.54, 1.807) is 0 Å². The maximum Gasteiger partial charge on any atom is 0.0448 e. The first-order valence-electron chi connectivity index (χ1n) is 14.0. The van der Waals surface area contributed by atoms with E-state index in [1.165, 1.54) is 0 Å². The van der Waals surface area contributed by atoms with Gasteiger partial charge in [-0.25, -0.2) is 0 Å². The second kappa shape index (κ2) is 22.8. The fourth-order valence-corrected chi connectivity index (χ4v) is 7.86. The summed E-state index contributed by atoms with van der Waals surface area (Å²) in [6, 6.07) is 18.4. The van der Waals surface area contributed by atoms with E-state index in [-0.39, 0.29) is 34.0 Å². The molecule has 2 rings (SSSR count). The molecular formula is C32H42O8Sn. The van der Waals surface area contributed by atoms with Crippen molar-refractivity contribution in [3.8, 4) is 0 Å². The number of carbonyl (C=O) groups excluding carboxylic acids is 4. The summed E-state index contributed by atoms with van der Waals surface area (Å²) in [6.45, 7) is 9.36. The summed E-state index contributed by atoms with van der Waals surface area (Å²) in [5, 5.41) is 42.3. The van der Waals surface area contributed by atoms with E-state index in [0.29, 0.717) is 38.5 Å². The SMILES string of the molecule is C[CH](C)[Sn+4][CH](C)C.O=C([O-])CCCC(Cc1ccccc1)C(=O)[O-].O=C([O-])CCCC(Cc1ccccc1)C(=O)[O-]. The largest absolute Gasteiger partial charge is 0.550 e. The Morgan fingerprint density at radius 3 is 1.12 bits per heavy atom. The monoisotopic (exact) mass is 674 g/mol. The van der Waals surface area contributed by atoms with Crippen LogP contribution in [0.2, 0.25) is 7.87 Å². The fourth-order valence-electron chi connectivity index (χ4n) is 4.06. The number of carboxylic acids is 4. The topological polar surface area (TPSA) is 161 Å². The number of hydrogen-bond acceptors (Lipinski definition) is 8. The number of carbonyl (C=O) groups is 4. The maximum absolute atomic E-state index is 10.9. The molecule has 2 atom stereocenters. The van der Waals surface area contributed by atoms with Crippen LogP contribution in [-0.4, -0.2) is 45.0 Å². The van der Waals surface area contributed by atoms with E-state index in [2.05, 4.69) is 27.7 Å². The van der Waals surface area contributed by atoms with Crippen molar-refractivity contribution in [2.45, 2.75) is 86.9 Å². The van der Waals surface area contributed by atoms with Crippen LogP contribution in [0.1, 0.15) is 77.3 Å². The van der Waals surface area contributed by atoms with Crippen molar-refractivity contribution in [1.29, 1.82) is 0 Å². The van der Waals surface area contributed by atoms with Gasteiger partial charge in [0.05, 0.1) is 0 Å². The molecule has 222 valence electrons. The van der Waals surface area contributed by atoms with Gasteiger partial charge in [0.15, 0.2) is 0 Å². The van der Waals surface area contributed by atoms with Crippen molar-refractivity contribution in [2.75, 3.05) is 0 Å². The van der Waals surface area contributed by atoms with E-state index in [9.17, 15) is 39.6 Å². The summed E-state index contributed by atoms with van der Waals surface area (Å²) in [4.78, 5) is 42.3. The van der Waals surface area contributed by atoms with Gasteiger partial charge in [0.1, 0.15) is 0 Å². The van der Waals surface area contributed by atoms with Gasteiger partial charge >= 0.3 is 56.7 Å². The Labute approximate surface area is 254 Å². The normalized spacial score (nSPS) is 11.9. The van der Waals surface area contributed by atoms with Crippen LogP contribution in [0.3, 0.4) is 0 Å². The first kappa shape index (κ1) is 38.1. The molecule has 9 heteroatoms. The molecule has 0 spiro atoms. The predicted octanol–water partition coefficient (Wildman–Crippen LogP) is 1.38. The van der Waals surface area contributed by atoms with Gasteiger partial charge in [-0.3, -0.25) is 0 Å². The number of carboxylic acid groups (broad SMARTS) is 4. The molecule has 2 aromatic rings. The Morgan fingerprint density at radius 2 is 0.902 bits per heavy atom. The van der Waals surface area contributed by atoms with E-state index in [0.717, 1.165) is 19.0 Å². The van der Waals surface area contributed by atoms with Crippen LogP contribution in [0.15, 0.2) is 60.7 Å². The molecule has 0 aliphatic rings. The number of rotatable bonds is 16. The number of hydrogen-bond donors (Lipinski definition) is 0. The molecule has 0 fully saturated rings. The molecule has 0 saturated carbocycles. The molecule has 2 unspecified atom stereocenters. The third kappa shape index (κ3) is 22.5. The summed E-state index contributed by atoms with van der Waals surface area (Å²) in [5.74, 6) is -5.85. The van der Waals surface area contributed by atoms with Crippen LogP contribution < -0.4 is 20.4 Å². The van der Waals surface area contributed by atoms with Crippen molar-refractivity contribution >= 4 is 45.0 Å². The first-order valence-corrected chi connectivity index (χ1v) is 17.3. The van der Waals surface area contributed by atoms with Crippen LogP contribution in [-0.2, 0) is 32.0 Å². The molecule has 8 nitrogen and oxygen atoms in total. The van der Waals surface area contributed by atoms with Gasteiger partial charge in [-0.1, -0.05) is 60.7 Å². The zero-order valence-corrected chi connectivity index (χ0v) is 27.4. The number of benzene rings is 2. The fraction of sp³-hybridized carbons (Fsp3) is 0.500. The average molecular weight is 673 g/mol. The molecule has 0 heterocycles. The third-order valence-electron chi connectivity index (χ3n) is 5.85. The summed E-state index contributed by atoms with van der Waals surface area (Å²) >= 11 is 0.0389. The average Bonchev–Trinajstić information content (AvgIpc) is 2.88. The molecule has 0 bridgehead atoms. The van der Waals surface area contributed by atoms with Gasteiger partial charge in [-0.15, -0.1) is 0 Å². The zero-order valence-electron chi connectivity index (χ0n) is 24.5. The van der Waals surface area contributed by atoms with E-state index < -0.39 is 35.7 Å². The smallest absolute Gasteiger partial charge is 0.0448 e. The van der Waals surface area contributed by atoms with Crippen molar-refractivity contribution in [3.63, 3.8) is 0 Å². The Kier molecular flexibility index (Phi) is 21.2. The number of aliphatic carboxylic acids is 4. The standard InChI is InChI=1S/2C13H16O4.2C3H7.Sn/c2*14-12(15)8-4-7-11(13(16)17)9-10-5-2-1-3-6-10;2*1-3-2;/h2*1-3,5-6,11H,4,7-9H2,(H,14,15)(H,16,17);2*3H,1-2H3;/q;;;;+4/p-4. The molecule has 0 aliphatic carbocycles. The quantitative estimate of drug-likeness (QED) is 0.242. The van der Waals surface area contributed by atoms with Crippen LogP contribution in [0.4, 0.5) is 0 Å². The van der Waals surface area contributed by atoms with E-state index in [4.69, 9.17) is 0 Å². The van der Waals surface area contributed by atoms with Gasteiger partial charge in [-0.2, -0.15) is 0 Å². The van der Waals surface area contributed by atoms with Crippen molar-refractivity contribution < 1.29 is 39.6 Å². The van der Waals surface area contributed by atoms with Crippen LogP contribution in [0.25, 0.3) is 0 Å². The van der Waals surface area contributed by atoms with Crippen molar-refractivity contribution in [2.24, 2.45) is 11.8 Å². The van der Waals surface area contributed by atoms with Crippen molar-refractivity contribution in [1.82, 2.24) is 0 Å². The summed E-state index contributed by atoms with van der Waals surface area (Å²) in [5.41, 5.74) is 1.82. The molecule has 0 amide bonds. The summed E-state index contributed by atoms with van der Waals surface area (Å²) in [6.07, 6.45) is 1.71. The molecule has 0 N–H and O–H groups in total. The van der Waals surface area contributed by atoms with Gasteiger partial charge in [0.2, 0.25) is 0 Å². The minimum atomic E-state index is -1.15. The predicted molar refractivity (Wildman–Crippen MR) is 151 cm³/mol. The Balaban J connectivity index is 0.000000637. The summed E-state index contributed by atoms with van der Waals surface area (Å²) < 4.78 is 2.09. The van der Waals surface area contributed by atoms with Crippen molar-refractivity contribution in [3.05, 3.63) is 71.8 Å². The molecular weight excluding hydrogens is 631 g/mol. The van der Waals surface area contributed by atoms with Gasteiger partial charge < -0.3 is 39.6 Å². The molecule has 6 radical (unpaired) electrons. The molecule has 0 aromatic heterocycles. The van der Waals surface area contributed by atoms with Crippen LogP contribution >= 0.6 is 0 Å². The Hall–Kier alpha value is -2.88. The van der Waals surface area contributed by atoms with E-state index >= 15 is 0 Å². The van der Waals surface area contributed by atoms with Gasteiger partial charge in [0, 0.05) is 35.7 Å². The first-order chi connectivity index (χ1) is 19.3. The molecule has 2 aromatic carbocycles. The minimum absolute atomic E-state index is 0.0389. The Bertz CT molecular complexity index is 927. The molecule has 0 aliphatic heterocycles. The molecule has 0 saturated heterocycles.